The van der Waals surface area contributed by atoms with Gasteiger partial charge in [0.1, 0.15) is 0 Å². The molecule has 3 amide bonds. The van der Waals surface area contributed by atoms with E-state index in [-0.39, 0.29) is 30.1 Å². The maximum atomic E-state index is 12.7. The molecule has 3 aromatic carbocycles. The van der Waals surface area contributed by atoms with E-state index in [0.29, 0.717) is 12.1 Å². The highest BCUT2D eigenvalue weighted by molar-refractivity contribution is 5.94. The van der Waals surface area contributed by atoms with Gasteiger partial charge in [0.25, 0.3) is 5.91 Å². The molecule has 1 unspecified atom stereocenters. The fourth-order valence-electron chi connectivity index (χ4n) is 3.22. The summed E-state index contributed by atoms with van der Waals surface area (Å²) in [5.41, 5.74) is 3.04. The second-order valence-electron chi connectivity index (χ2n) is 8.12. The molecule has 0 spiro atoms. The van der Waals surface area contributed by atoms with Gasteiger partial charge in [0.05, 0.1) is 12.5 Å². The first kappa shape index (κ1) is 23.7. The number of carbonyl (C=O) groups excluding carboxylic acids is 3. The van der Waals surface area contributed by atoms with Crippen LogP contribution in [-0.2, 0) is 16.1 Å². The Morgan fingerprint density at radius 3 is 2.00 bits per heavy atom. The third-order valence-corrected chi connectivity index (χ3v) is 5.17. The van der Waals surface area contributed by atoms with E-state index >= 15 is 0 Å². The second-order valence-corrected chi connectivity index (χ2v) is 8.12. The molecule has 0 aliphatic carbocycles. The Balaban J connectivity index is 1.59. The first-order valence-electron chi connectivity index (χ1n) is 11.0. The lowest BCUT2D eigenvalue weighted by Crippen LogP contribution is -2.33. The maximum Gasteiger partial charge on any atom is 0.251 e. The van der Waals surface area contributed by atoms with Crippen LogP contribution in [0.15, 0.2) is 84.9 Å². The van der Waals surface area contributed by atoms with E-state index in [9.17, 15) is 14.4 Å². The van der Waals surface area contributed by atoms with Crippen molar-refractivity contribution in [2.24, 2.45) is 5.92 Å². The number of nitrogens with one attached hydrogen (secondary N) is 3. The number of carbonyl (C=O) groups is 3. The largest absolute Gasteiger partial charge is 0.352 e. The quantitative estimate of drug-likeness (QED) is 0.456. The molecule has 0 fully saturated rings. The Hall–Kier alpha value is -3.93. The van der Waals surface area contributed by atoms with Crippen LogP contribution < -0.4 is 16.0 Å². The molecule has 0 bridgehead atoms. The zero-order valence-electron chi connectivity index (χ0n) is 18.9. The summed E-state index contributed by atoms with van der Waals surface area (Å²) < 4.78 is 0. The fraction of sp³-hybridized carbons (Fsp3) is 0.222. The smallest absolute Gasteiger partial charge is 0.251 e. The highest BCUT2D eigenvalue weighted by atomic mass is 16.2. The highest BCUT2D eigenvalue weighted by Gasteiger charge is 2.19. The molecule has 170 valence electrons. The first-order valence-corrected chi connectivity index (χ1v) is 11.0. The van der Waals surface area contributed by atoms with Crippen LogP contribution >= 0.6 is 0 Å². The molecule has 1 atom stereocenters. The minimum absolute atomic E-state index is 0.0412. The SMILES string of the molecule is CC(C)C(=O)Nc1ccc(CNC(=O)CC(NC(=O)c2ccccc2)c2ccccc2)cc1. The molecule has 0 saturated carbocycles. The van der Waals surface area contributed by atoms with Gasteiger partial charge in [-0.3, -0.25) is 14.4 Å². The van der Waals surface area contributed by atoms with Crippen molar-refractivity contribution in [1.82, 2.24) is 10.6 Å². The minimum atomic E-state index is -0.451. The van der Waals surface area contributed by atoms with Gasteiger partial charge in [-0.25, -0.2) is 0 Å². The Labute approximate surface area is 194 Å². The van der Waals surface area contributed by atoms with E-state index < -0.39 is 6.04 Å². The maximum absolute atomic E-state index is 12.7. The molecule has 0 heterocycles. The molecule has 3 aromatic rings. The van der Waals surface area contributed by atoms with Crippen molar-refractivity contribution in [3.8, 4) is 0 Å². The molecular weight excluding hydrogens is 414 g/mol. The van der Waals surface area contributed by atoms with Crippen LogP contribution in [0.3, 0.4) is 0 Å². The highest BCUT2D eigenvalue weighted by Crippen LogP contribution is 2.18. The second kappa shape index (κ2) is 11.6. The van der Waals surface area contributed by atoms with E-state index in [1.165, 1.54) is 0 Å². The molecule has 0 aliphatic rings. The van der Waals surface area contributed by atoms with E-state index in [0.717, 1.165) is 16.8 Å². The van der Waals surface area contributed by atoms with Crippen molar-refractivity contribution in [2.45, 2.75) is 32.9 Å². The Bertz CT molecular complexity index is 1060. The normalized spacial score (nSPS) is 11.5. The van der Waals surface area contributed by atoms with E-state index in [4.69, 9.17) is 0 Å². The summed E-state index contributed by atoms with van der Waals surface area (Å²) >= 11 is 0. The van der Waals surface area contributed by atoms with Gasteiger partial charge in [0.2, 0.25) is 11.8 Å². The Morgan fingerprint density at radius 1 is 0.788 bits per heavy atom. The van der Waals surface area contributed by atoms with Crippen LogP contribution in [-0.4, -0.2) is 17.7 Å². The van der Waals surface area contributed by atoms with Crippen molar-refractivity contribution in [3.63, 3.8) is 0 Å². The minimum Gasteiger partial charge on any atom is -0.352 e. The van der Waals surface area contributed by atoms with Gasteiger partial charge in [0, 0.05) is 23.7 Å². The predicted molar refractivity (Wildman–Crippen MR) is 129 cm³/mol. The van der Waals surface area contributed by atoms with Gasteiger partial charge in [-0.2, -0.15) is 0 Å². The Kier molecular flexibility index (Phi) is 8.36. The molecule has 3 rings (SSSR count). The summed E-state index contributed by atoms with van der Waals surface area (Å²) in [6, 6.07) is 25.3. The van der Waals surface area contributed by atoms with Crippen LogP contribution in [0.25, 0.3) is 0 Å². The fourth-order valence-corrected chi connectivity index (χ4v) is 3.22. The molecule has 3 N–H and O–H groups in total. The van der Waals surface area contributed by atoms with Gasteiger partial charge in [-0.05, 0) is 35.4 Å². The van der Waals surface area contributed by atoms with Crippen LogP contribution in [0.1, 0.15) is 47.8 Å². The number of amides is 3. The molecule has 0 radical (unpaired) electrons. The van der Waals surface area contributed by atoms with E-state index in [1.807, 2.05) is 74.5 Å². The van der Waals surface area contributed by atoms with Gasteiger partial charge in [0.15, 0.2) is 0 Å². The molecule has 0 aromatic heterocycles. The number of anilines is 1. The van der Waals surface area contributed by atoms with Gasteiger partial charge < -0.3 is 16.0 Å². The third-order valence-electron chi connectivity index (χ3n) is 5.17. The lowest BCUT2D eigenvalue weighted by molar-refractivity contribution is -0.121. The van der Waals surface area contributed by atoms with E-state index in [1.54, 1.807) is 24.3 Å². The standard InChI is InChI=1S/C27H29N3O3/c1-19(2)26(32)29-23-15-13-20(14-16-23)18-28-25(31)17-24(21-9-5-3-6-10-21)30-27(33)22-11-7-4-8-12-22/h3-16,19,24H,17-18H2,1-2H3,(H,28,31)(H,29,32)(H,30,33). The lowest BCUT2D eigenvalue weighted by atomic mass is 10.0. The molecule has 33 heavy (non-hydrogen) atoms. The monoisotopic (exact) mass is 443 g/mol. The summed E-state index contributed by atoms with van der Waals surface area (Å²) in [6.45, 7) is 4.03. The molecular formula is C27H29N3O3. The summed E-state index contributed by atoms with van der Waals surface area (Å²) in [6.07, 6.45) is 0.116. The summed E-state index contributed by atoms with van der Waals surface area (Å²) in [4.78, 5) is 37.2. The number of benzene rings is 3. The molecule has 0 saturated heterocycles. The Morgan fingerprint density at radius 2 is 1.39 bits per heavy atom. The van der Waals surface area contributed by atoms with Gasteiger partial charge >= 0.3 is 0 Å². The number of hydrogen-bond donors (Lipinski definition) is 3. The molecule has 0 aliphatic heterocycles. The van der Waals surface area contributed by atoms with Crippen molar-refractivity contribution in [3.05, 3.63) is 102 Å². The average Bonchev–Trinajstić information content (AvgIpc) is 2.84. The van der Waals surface area contributed by atoms with Crippen LogP contribution in [0.2, 0.25) is 0 Å². The topological polar surface area (TPSA) is 87.3 Å². The summed E-state index contributed by atoms with van der Waals surface area (Å²) in [5.74, 6) is -0.532. The van der Waals surface area contributed by atoms with Crippen LogP contribution in [0, 0.1) is 5.92 Å². The first-order chi connectivity index (χ1) is 15.9. The van der Waals surface area contributed by atoms with Gasteiger partial charge in [-0.1, -0.05) is 74.5 Å². The summed E-state index contributed by atoms with van der Waals surface area (Å²) in [7, 11) is 0. The van der Waals surface area contributed by atoms with Gasteiger partial charge in [-0.15, -0.1) is 0 Å². The average molecular weight is 444 g/mol. The van der Waals surface area contributed by atoms with Crippen molar-refractivity contribution in [2.75, 3.05) is 5.32 Å². The van der Waals surface area contributed by atoms with E-state index in [2.05, 4.69) is 16.0 Å². The molecule has 6 heteroatoms. The molecule has 6 nitrogen and oxygen atoms in total. The zero-order valence-corrected chi connectivity index (χ0v) is 18.9. The van der Waals surface area contributed by atoms with Crippen molar-refractivity contribution < 1.29 is 14.4 Å². The lowest BCUT2D eigenvalue weighted by Gasteiger charge is -2.19. The predicted octanol–water partition coefficient (Wildman–Crippen LogP) is 4.46. The zero-order chi connectivity index (χ0) is 23.6. The number of hydrogen-bond acceptors (Lipinski definition) is 3. The number of rotatable bonds is 9. The summed E-state index contributed by atoms with van der Waals surface area (Å²) in [5, 5.41) is 8.73. The van der Waals surface area contributed by atoms with Crippen LogP contribution in [0.5, 0.6) is 0 Å². The third kappa shape index (κ3) is 7.31. The van der Waals surface area contributed by atoms with Crippen LogP contribution in [0.4, 0.5) is 5.69 Å². The van der Waals surface area contributed by atoms with Crippen molar-refractivity contribution >= 4 is 23.4 Å². The van der Waals surface area contributed by atoms with Crippen molar-refractivity contribution in [1.29, 1.82) is 0 Å².